The molecule has 28 heavy (non-hydrogen) atoms. The third-order valence-electron chi connectivity index (χ3n) is 5.01. The Bertz CT molecular complexity index is 1000. The van der Waals surface area contributed by atoms with E-state index in [0.29, 0.717) is 0 Å². The fourth-order valence-corrected chi connectivity index (χ4v) is 4.06. The van der Waals surface area contributed by atoms with Crippen molar-refractivity contribution in [2.24, 2.45) is 0 Å². The number of benzene rings is 4. The minimum absolute atomic E-state index is 0.725. The van der Waals surface area contributed by atoms with Gasteiger partial charge in [-0.1, -0.05) is 115 Å². The van der Waals surface area contributed by atoms with Crippen molar-refractivity contribution in [2.45, 2.75) is 5.60 Å². The van der Waals surface area contributed by atoms with Gasteiger partial charge >= 0.3 is 0 Å². The second-order valence-electron chi connectivity index (χ2n) is 6.61. The molecule has 4 aromatic carbocycles. The van der Waals surface area contributed by atoms with Crippen LogP contribution in [-0.2, 0) is 10.3 Å². The maximum absolute atomic E-state index is 6.54. The molecule has 4 rings (SSSR count). The van der Waals surface area contributed by atoms with Crippen molar-refractivity contribution in [1.82, 2.24) is 0 Å². The lowest BCUT2D eigenvalue weighted by molar-refractivity contribution is 0.157. The highest BCUT2D eigenvalue weighted by Crippen LogP contribution is 2.44. The largest absolute Gasteiger partial charge is 0.334 e. The predicted molar refractivity (Wildman–Crippen MR) is 123 cm³/mol. The standard InChI is InChI=1S/C26H23OP/c28-20-27-26(22-14-6-2-7-15-22,23-16-8-3-9-17-23)25-19-11-10-18-24(25)21-12-4-1-5-13-21/h1-20H,28H3. The topological polar surface area (TPSA) is 9.23 Å². The van der Waals surface area contributed by atoms with Crippen LogP contribution in [0.5, 0.6) is 0 Å². The van der Waals surface area contributed by atoms with Crippen LogP contribution in [0.1, 0.15) is 16.7 Å². The zero-order chi connectivity index (χ0) is 19.2. The number of rotatable bonds is 6. The molecule has 0 saturated heterocycles. The van der Waals surface area contributed by atoms with Crippen molar-refractivity contribution in [3.63, 3.8) is 0 Å². The molecule has 0 N–H and O–H groups in total. The van der Waals surface area contributed by atoms with E-state index in [1.165, 1.54) is 11.1 Å². The first-order valence-electron chi connectivity index (χ1n) is 9.41. The van der Waals surface area contributed by atoms with Crippen LogP contribution in [0.15, 0.2) is 115 Å². The molecule has 0 radical (unpaired) electrons. The highest BCUT2D eigenvalue weighted by molar-refractivity contribution is 7.17. The molecular formula is C26H23OP. The first-order chi connectivity index (χ1) is 13.9. The van der Waals surface area contributed by atoms with Crippen molar-refractivity contribution >= 4 is 14.8 Å². The number of ether oxygens (including phenoxy) is 1. The Balaban J connectivity index is 2.07. The van der Waals surface area contributed by atoms with E-state index in [1.807, 2.05) is 24.2 Å². The minimum Gasteiger partial charge on any atom is -0.334 e. The highest BCUT2D eigenvalue weighted by Gasteiger charge is 2.38. The maximum atomic E-state index is 6.54. The smallest absolute Gasteiger partial charge is 0.150 e. The van der Waals surface area contributed by atoms with E-state index in [1.54, 1.807) is 8.86 Å². The van der Waals surface area contributed by atoms with Gasteiger partial charge in [-0.25, -0.2) is 0 Å². The van der Waals surface area contributed by atoms with Gasteiger partial charge in [-0.15, -0.1) is 8.86 Å². The molecule has 138 valence electrons. The van der Waals surface area contributed by atoms with E-state index in [2.05, 4.69) is 97.1 Å². The van der Waals surface area contributed by atoms with Crippen LogP contribution in [0.3, 0.4) is 0 Å². The molecule has 0 saturated carbocycles. The van der Waals surface area contributed by atoms with E-state index in [0.717, 1.165) is 16.7 Å². The highest BCUT2D eigenvalue weighted by atomic mass is 31.0. The summed E-state index contributed by atoms with van der Waals surface area (Å²) in [5, 5.41) is 0. The second kappa shape index (κ2) is 8.44. The lowest BCUT2D eigenvalue weighted by Gasteiger charge is -2.36. The van der Waals surface area contributed by atoms with E-state index in [4.69, 9.17) is 4.74 Å². The van der Waals surface area contributed by atoms with Gasteiger partial charge in [-0.3, -0.25) is 0 Å². The van der Waals surface area contributed by atoms with Crippen molar-refractivity contribution in [3.05, 3.63) is 132 Å². The normalized spacial score (nSPS) is 11.3. The molecule has 1 unspecified atom stereocenters. The Morgan fingerprint density at radius 1 is 0.571 bits per heavy atom. The van der Waals surface area contributed by atoms with Crippen LogP contribution in [-0.4, -0.2) is 5.98 Å². The second-order valence-corrected chi connectivity index (χ2v) is 6.94. The molecule has 4 aromatic rings. The van der Waals surface area contributed by atoms with Gasteiger partial charge in [0.05, 0.1) is 0 Å². The quantitative estimate of drug-likeness (QED) is 0.292. The third kappa shape index (κ3) is 3.36. The Morgan fingerprint density at radius 3 is 1.57 bits per heavy atom. The number of hydrogen-bond donors (Lipinski definition) is 0. The molecule has 0 aliphatic heterocycles. The molecule has 0 aromatic heterocycles. The SMILES string of the molecule is [PH3]=COC(c1ccccc1)(c1ccccc1)c1ccccc1-c1ccccc1. The average molecular weight is 382 g/mol. The first kappa shape index (κ1) is 18.5. The third-order valence-corrected chi connectivity index (χ3v) is 5.18. The van der Waals surface area contributed by atoms with E-state index < -0.39 is 5.60 Å². The summed E-state index contributed by atoms with van der Waals surface area (Å²) in [7, 11) is 1.72. The van der Waals surface area contributed by atoms with Gasteiger partial charge in [0.15, 0.2) is 0 Å². The average Bonchev–Trinajstić information content (AvgIpc) is 2.79. The van der Waals surface area contributed by atoms with Gasteiger partial charge in [0.2, 0.25) is 0 Å². The van der Waals surface area contributed by atoms with E-state index in [-0.39, 0.29) is 0 Å². The number of hydrogen-bond acceptors (Lipinski definition) is 1. The van der Waals surface area contributed by atoms with Crippen molar-refractivity contribution < 1.29 is 4.74 Å². The monoisotopic (exact) mass is 382 g/mol. The molecule has 2 heteroatoms. The predicted octanol–water partition coefficient (Wildman–Crippen LogP) is 6.03. The van der Waals surface area contributed by atoms with Crippen LogP contribution in [0.25, 0.3) is 11.1 Å². The van der Waals surface area contributed by atoms with E-state index >= 15 is 0 Å². The molecule has 0 fully saturated rings. The van der Waals surface area contributed by atoms with Crippen LogP contribution in [0.4, 0.5) is 0 Å². The summed E-state index contributed by atoms with van der Waals surface area (Å²) < 4.78 is 6.54. The van der Waals surface area contributed by atoms with Crippen LogP contribution in [0.2, 0.25) is 0 Å². The zero-order valence-electron chi connectivity index (χ0n) is 15.7. The molecule has 1 nitrogen and oxygen atoms in total. The molecule has 0 bridgehead atoms. The van der Waals surface area contributed by atoms with Crippen molar-refractivity contribution in [3.8, 4) is 11.1 Å². The molecule has 0 aliphatic carbocycles. The van der Waals surface area contributed by atoms with Crippen LogP contribution in [0, 0.1) is 0 Å². The summed E-state index contributed by atoms with van der Waals surface area (Å²) in [4.78, 5) is 0. The van der Waals surface area contributed by atoms with Gasteiger partial charge in [-0.05, 0) is 22.3 Å². The van der Waals surface area contributed by atoms with Gasteiger partial charge in [0.25, 0.3) is 0 Å². The molecule has 0 amide bonds. The lowest BCUT2D eigenvalue weighted by atomic mass is 9.77. The summed E-state index contributed by atoms with van der Waals surface area (Å²) in [5.74, 6) is 1.82. The van der Waals surface area contributed by atoms with Crippen molar-refractivity contribution in [2.75, 3.05) is 0 Å². The lowest BCUT2D eigenvalue weighted by Crippen LogP contribution is -2.33. The summed E-state index contributed by atoms with van der Waals surface area (Å²) in [5.41, 5.74) is 4.95. The fourth-order valence-electron chi connectivity index (χ4n) is 3.81. The van der Waals surface area contributed by atoms with Crippen molar-refractivity contribution in [1.29, 1.82) is 0 Å². The Kier molecular flexibility index (Phi) is 5.58. The summed E-state index contributed by atoms with van der Waals surface area (Å²) in [6, 6.07) is 39.9. The minimum atomic E-state index is -0.725. The molecular weight excluding hydrogens is 359 g/mol. The summed E-state index contributed by atoms with van der Waals surface area (Å²) >= 11 is 0. The molecule has 0 spiro atoms. The Hall–Kier alpha value is -2.86. The maximum Gasteiger partial charge on any atom is 0.150 e. The zero-order valence-corrected chi connectivity index (χ0v) is 17.1. The van der Waals surface area contributed by atoms with Crippen LogP contribution >= 0.6 is 8.86 Å². The van der Waals surface area contributed by atoms with Gasteiger partial charge in [0, 0.05) is 11.5 Å². The summed E-state index contributed by atoms with van der Waals surface area (Å²) in [6.07, 6.45) is 0. The Morgan fingerprint density at radius 2 is 1.04 bits per heavy atom. The van der Waals surface area contributed by atoms with Crippen LogP contribution < -0.4 is 0 Å². The molecule has 1 atom stereocenters. The Labute approximate surface area is 168 Å². The first-order valence-corrected chi connectivity index (χ1v) is 10.2. The fraction of sp³-hybridized carbons (Fsp3) is 0.0385. The molecule has 0 heterocycles. The summed E-state index contributed by atoms with van der Waals surface area (Å²) in [6.45, 7) is 0. The van der Waals surface area contributed by atoms with Gasteiger partial charge < -0.3 is 4.74 Å². The molecule has 0 aliphatic rings. The van der Waals surface area contributed by atoms with Gasteiger partial charge in [0.1, 0.15) is 5.60 Å². The van der Waals surface area contributed by atoms with Gasteiger partial charge in [-0.2, -0.15) is 0 Å². The van der Waals surface area contributed by atoms with E-state index in [9.17, 15) is 0 Å².